The predicted octanol–water partition coefficient (Wildman–Crippen LogP) is 0.948. The summed E-state index contributed by atoms with van der Waals surface area (Å²) in [5.41, 5.74) is 1.05. The number of morpholine rings is 1. The second-order valence-corrected chi connectivity index (χ2v) is 5.16. The SMILES string of the molecule is O=C(O)[C@H](CCc1ccccc1)OCC(=O)N1CCOCC1. The quantitative estimate of drug-likeness (QED) is 0.811. The Labute approximate surface area is 129 Å². The van der Waals surface area contributed by atoms with Crippen LogP contribution in [0.4, 0.5) is 0 Å². The minimum absolute atomic E-state index is 0.186. The summed E-state index contributed by atoms with van der Waals surface area (Å²) in [6.45, 7) is 1.89. The van der Waals surface area contributed by atoms with Crippen LogP contribution in [-0.2, 0) is 25.5 Å². The van der Waals surface area contributed by atoms with Crippen LogP contribution in [0.5, 0.6) is 0 Å². The Hall–Kier alpha value is -1.92. The van der Waals surface area contributed by atoms with Gasteiger partial charge in [0.05, 0.1) is 13.2 Å². The van der Waals surface area contributed by atoms with E-state index in [0.29, 0.717) is 39.1 Å². The number of nitrogens with zero attached hydrogens (tertiary/aromatic N) is 1. The average Bonchev–Trinajstić information content (AvgIpc) is 2.56. The van der Waals surface area contributed by atoms with E-state index in [2.05, 4.69) is 0 Å². The molecule has 2 rings (SSSR count). The number of carbonyl (C=O) groups excluding carboxylic acids is 1. The Balaban J connectivity index is 1.78. The summed E-state index contributed by atoms with van der Waals surface area (Å²) in [6, 6.07) is 9.62. The van der Waals surface area contributed by atoms with Gasteiger partial charge in [0.2, 0.25) is 5.91 Å². The fourth-order valence-corrected chi connectivity index (χ4v) is 2.30. The van der Waals surface area contributed by atoms with E-state index in [1.54, 1.807) is 4.90 Å². The maximum Gasteiger partial charge on any atom is 0.332 e. The molecule has 0 aromatic heterocycles. The summed E-state index contributed by atoms with van der Waals surface area (Å²) < 4.78 is 10.5. The number of carboxylic acid groups (broad SMARTS) is 1. The average molecular weight is 307 g/mol. The van der Waals surface area contributed by atoms with E-state index >= 15 is 0 Å². The highest BCUT2D eigenvalue weighted by molar-refractivity contribution is 5.78. The van der Waals surface area contributed by atoms with Crippen molar-refractivity contribution in [1.29, 1.82) is 0 Å². The summed E-state index contributed by atoms with van der Waals surface area (Å²) in [7, 11) is 0. The highest BCUT2D eigenvalue weighted by atomic mass is 16.5. The van der Waals surface area contributed by atoms with Gasteiger partial charge in [-0.3, -0.25) is 4.79 Å². The minimum Gasteiger partial charge on any atom is -0.479 e. The molecule has 22 heavy (non-hydrogen) atoms. The number of benzene rings is 1. The van der Waals surface area contributed by atoms with Gasteiger partial charge in [-0.15, -0.1) is 0 Å². The molecule has 6 heteroatoms. The smallest absolute Gasteiger partial charge is 0.332 e. The van der Waals surface area contributed by atoms with Crippen molar-refractivity contribution in [3.8, 4) is 0 Å². The molecule has 1 fully saturated rings. The first-order valence-electron chi connectivity index (χ1n) is 7.40. The van der Waals surface area contributed by atoms with Gasteiger partial charge < -0.3 is 19.5 Å². The predicted molar refractivity (Wildman–Crippen MR) is 79.5 cm³/mol. The normalized spacial score (nSPS) is 16.3. The molecule has 1 N–H and O–H groups in total. The number of hydrogen-bond donors (Lipinski definition) is 1. The van der Waals surface area contributed by atoms with Gasteiger partial charge in [0.15, 0.2) is 6.10 Å². The maximum absolute atomic E-state index is 12.0. The molecule has 1 saturated heterocycles. The van der Waals surface area contributed by atoms with Crippen LogP contribution >= 0.6 is 0 Å². The molecule has 1 aliphatic heterocycles. The van der Waals surface area contributed by atoms with Crippen molar-refractivity contribution < 1.29 is 24.2 Å². The largest absolute Gasteiger partial charge is 0.479 e. The molecule has 1 amide bonds. The first-order valence-corrected chi connectivity index (χ1v) is 7.40. The van der Waals surface area contributed by atoms with Crippen LogP contribution in [0.2, 0.25) is 0 Å². The van der Waals surface area contributed by atoms with Crippen molar-refractivity contribution >= 4 is 11.9 Å². The van der Waals surface area contributed by atoms with Gasteiger partial charge in [-0.1, -0.05) is 30.3 Å². The molecule has 0 bridgehead atoms. The molecule has 6 nitrogen and oxygen atoms in total. The van der Waals surface area contributed by atoms with E-state index in [0.717, 1.165) is 5.56 Å². The zero-order chi connectivity index (χ0) is 15.8. The molecule has 1 atom stereocenters. The van der Waals surface area contributed by atoms with Gasteiger partial charge >= 0.3 is 5.97 Å². The summed E-state index contributed by atoms with van der Waals surface area (Å²) in [5, 5.41) is 9.20. The summed E-state index contributed by atoms with van der Waals surface area (Å²) in [4.78, 5) is 24.8. The first-order chi connectivity index (χ1) is 10.7. The van der Waals surface area contributed by atoms with Gasteiger partial charge in [0, 0.05) is 13.1 Å². The van der Waals surface area contributed by atoms with Crippen molar-refractivity contribution in [3.63, 3.8) is 0 Å². The van der Waals surface area contributed by atoms with E-state index in [-0.39, 0.29) is 12.5 Å². The first kappa shape index (κ1) is 16.5. The highest BCUT2D eigenvalue weighted by Gasteiger charge is 2.22. The number of carbonyl (C=O) groups is 2. The lowest BCUT2D eigenvalue weighted by Gasteiger charge is -2.27. The number of aryl methyl sites for hydroxylation is 1. The molecule has 1 heterocycles. The lowest BCUT2D eigenvalue weighted by atomic mass is 10.1. The Bertz CT molecular complexity index is 485. The number of rotatable bonds is 7. The molecule has 0 spiro atoms. The van der Waals surface area contributed by atoms with Gasteiger partial charge in [-0.05, 0) is 18.4 Å². The third kappa shape index (κ3) is 5.13. The van der Waals surface area contributed by atoms with Crippen LogP contribution in [0.25, 0.3) is 0 Å². The third-order valence-electron chi connectivity index (χ3n) is 3.59. The third-order valence-corrected chi connectivity index (χ3v) is 3.59. The molecule has 0 radical (unpaired) electrons. The number of amides is 1. The number of carboxylic acids is 1. The zero-order valence-electron chi connectivity index (χ0n) is 12.4. The fraction of sp³-hybridized carbons (Fsp3) is 0.500. The van der Waals surface area contributed by atoms with E-state index < -0.39 is 12.1 Å². The topological polar surface area (TPSA) is 76.1 Å². The number of hydrogen-bond acceptors (Lipinski definition) is 4. The molecule has 1 aliphatic rings. The second-order valence-electron chi connectivity index (χ2n) is 5.16. The number of ether oxygens (including phenoxy) is 2. The Morgan fingerprint density at radius 2 is 1.91 bits per heavy atom. The zero-order valence-corrected chi connectivity index (χ0v) is 12.4. The van der Waals surface area contributed by atoms with Crippen LogP contribution in [0, 0.1) is 0 Å². The van der Waals surface area contributed by atoms with Crippen molar-refractivity contribution in [1.82, 2.24) is 4.90 Å². The standard InChI is InChI=1S/C16H21NO5/c18-15(17-8-10-21-11-9-17)12-22-14(16(19)20)7-6-13-4-2-1-3-5-13/h1-5,14H,6-12H2,(H,19,20)/t14-/m0/s1. The van der Waals surface area contributed by atoms with E-state index in [9.17, 15) is 14.7 Å². The molecule has 1 aromatic carbocycles. The molecule has 0 saturated carbocycles. The monoisotopic (exact) mass is 307 g/mol. The molecule has 0 aliphatic carbocycles. The maximum atomic E-state index is 12.0. The Kier molecular flexibility index (Phi) is 6.36. The molecule has 120 valence electrons. The number of aliphatic carboxylic acids is 1. The molecule has 0 unspecified atom stereocenters. The van der Waals surface area contributed by atoms with Crippen LogP contribution < -0.4 is 0 Å². The van der Waals surface area contributed by atoms with Crippen LogP contribution in [0.15, 0.2) is 30.3 Å². The summed E-state index contributed by atoms with van der Waals surface area (Å²) >= 11 is 0. The van der Waals surface area contributed by atoms with Crippen LogP contribution in [-0.4, -0.2) is 60.9 Å². The summed E-state index contributed by atoms with van der Waals surface area (Å²) in [5.74, 6) is -1.22. The lowest BCUT2D eigenvalue weighted by Crippen LogP contribution is -2.43. The minimum atomic E-state index is -1.04. The van der Waals surface area contributed by atoms with Gasteiger partial charge in [-0.25, -0.2) is 4.79 Å². The highest BCUT2D eigenvalue weighted by Crippen LogP contribution is 2.08. The Morgan fingerprint density at radius 3 is 2.55 bits per heavy atom. The van der Waals surface area contributed by atoms with E-state index in [1.165, 1.54) is 0 Å². The van der Waals surface area contributed by atoms with Gasteiger partial charge in [0.25, 0.3) is 0 Å². The Morgan fingerprint density at radius 1 is 1.23 bits per heavy atom. The second kappa shape index (κ2) is 8.51. The van der Waals surface area contributed by atoms with Crippen LogP contribution in [0.3, 0.4) is 0 Å². The van der Waals surface area contributed by atoms with Crippen molar-refractivity contribution in [3.05, 3.63) is 35.9 Å². The van der Waals surface area contributed by atoms with Crippen molar-refractivity contribution in [2.75, 3.05) is 32.9 Å². The van der Waals surface area contributed by atoms with Gasteiger partial charge in [0.1, 0.15) is 6.61 Å². The van der Waals surface area contributed by atoms with E-state index in [4.69, 9.17) is 9.47 Å². The van der Waals surface area contributed by atoms with Crippen molar-refractivity contribution in [2.24, 2.45) is 0 Å². The van der Waals surface area contributed by atoms with Crippen molar-refractivity contribution in [2.45, 2.75) is 18.9 Å². The summed E-state index contributed by atoms with van der Waals surface area (Å²) in [6.07, 6.45) is -0.0237. The fourth-order valence-electron chi connectivity index (χ4n) is 2.30. The van der Waals surface area contributed by atoms with Crippen LogP contribution in [0.1, 0.15) is 12.0 Å². The molecule has 1 aromatic rings. The lowest BCUT2D eigenvalue weighted by molar-refractivity contribution is -0.155. The molecular formula is C16H21NO5. The van der Waals surface area contributed by atoms with Gasteiger partial charge in [-0.2, -0.15) is 0 Å². The molecular weight excluding hydrogens is 286 g/mol. The van der Waals surface area contributed by atoms with E-state index in [1.807, 2.05) is 30.3 Å².